The van der Waals surface area contributed by atoms with Gasteiger partial charge in [-0.1, -0.05) is 0 Å². The second-order valence-corrected chi connectivity index (χ2v) is 4.34. The first-order valence-electron chi connectivity index (χ1n) is 5.28. The average Bonchev–Trinajstić information content (AvgIpc) is 2.40. The van der Waals surface area contributed by atoms with E-state index < -0.39 is 0 Å². The van der Waals surface area contributed by atoms with E-state index in [0.29, 0.717) is 12.3 Å². The number of benzene rings is 1. The molecule has 88 valence electrons. The van der Waals surface area contributed by atoms with E-state index in [4.69, 9.17) is 10.5 Å². The number of nitrogens with two attached hydrogens (primary N) is 1. The fourth-order valence-corrected chi connectivity index (χ4v) is 1.85. The number of hydrogen-bond donors (Lipinski definition) is 1. The van der Waals surface area contributed by atoms with Gasteiger partial charge in [-0.15, -0.1) is 11.8 Å². The van der Waals surface area contributed by atoms with E-state index in [-0.39, 0.29) is 0 Å². The molecule has 0 aliphatic carbocycles. The average molecular weight is 246 g/mol. The maximum absolute atomic E-state index is 5.75. The summed E-state index contributed by atoms with van der Waals surface area (Å²) in [5, 5.41) is 0. The number of thioether (sulfide) groups is 1. The van der Waals surface area contributed by atoms with Crippen molar-refractivity contribution in [3.63, 3.8) is 0 Å². The molecule has 3 nitrogen and oxygen atoms in total. The Morgan fingerprint density at radius 3 is 2.65 bits per heavy atom. The third-order valence-electron chi connectivity index (χ3n) is 2.38. The van der Waals surface area contributed by atoms with Gasteiger partial charge in [-0.3, -0.25) is 4.98 Å². The molecule has 2 aromatic rings. The lowest BCUT2D eigenvalue weighted by Crippen LogP contribution is -1.99. The Hall–Kier alpha value is -1.52. The van der Waals surface area contributed by atoms with Crippen LogP contribution in [0.5, 0.6) is 11.5 Å². The van der Waals surface area contributed by atoms with Crippen LogP contribution < -0.4 is 10.5 Å². The van der Waals surface area contributed by atoms with Crippen LogP contribution in [0, 0.1) is 0 Å². The standard InChI is InChI=1S/C13H14N2OS/c1-17-12-4-2-11(3-5-12)16-13-9-15-7-6-10(13)8-14/h2-7,9H,8,14H2,1H3. The summed E-state index contributed by atoms with van der Waals surface area (Å²) in [6, 6.07) is 9.81. The van der Waals surface area contributed by atoms with Crippen LogP contribution in [-0.2, 0) is 6.54 Å². The molecule has 0 saturated heterocycles. The zero-order valence-corrected chi connectivity index (χ0v) is 10.4. The van der Waals surface area contributed by atoms with Gasteiger partial charge in [-0.05, 0) is 36.6 Å². The van der Waals surface area contributed by atoms with Crippen LogP contribution in [0.25, 0.3) is 0 Å². The van der Waals surface area contributed by atoms with Gasteiger partial charge in [0.25, 0.3) is 0 Å². The second kappa shape index (κ2) is 5.70. The van der Waals surface area contributed by atoms with Gasteiger partial charge in [0.1, 0.15) is 11.5 Å². The predicted molar refractivity (Wildman–Crippen MR) is 70.4 cm³/mol. The van der Waals surface area contributed by atoms with Crippen molar-refractivity contribution in [2.45, 2.75) is 11.4 Å². The summed E-state index contributed by atoms with van der Waals surface area (Å²) < 4.78 is 5.75. The monoisotopic (exact) mass is 246 g/mol. The van der Waals surface area contributed by atoms with Gasteiger partial charge in [-0.25, -0.2) is 0 Å². The highest BCUT2D eigenvalue weighted by atomic mass is 32.2. The highest BCUT2D eigenvalue weighted by Gasteiger charge is 2.03. The molecule has 0 aliphatic heterocycles. The summed E-state index contributed by atoms with van der Waals surface area (Å²) in [6.45, 7) is 0.445. The minimum absolute atomic E-state index is 0.445. The van der Waals surface area contributed by atoms with Gasteiger partial charge in [0.05, 0.1) is 6.20 Å². The van der Waals surface area contributed by atoms with Crippen molar-refractivity contribution in [2.75, 3.05) is 6.26 Å². The van der Waals surface area contributed by atoms with Crippen molar-refractivity contribution in [3.8, 4) is 11.5 Å². The molecule has 0 saturated carbocycles. The molecule has 2 rings (SSSR count). The minimum atomic E-state index is 0.445. The molecule has 2 N–H and O–H groups in total. The van der Waals surface area contributed by atoms with Gasteiger partial charge in [0, 0.05) is 23.2 Å². The van der Waals surface area contributed by atoms with Crippen LogP contribution >= 0.6 is 11.8 Å². The Morgan fingerprint density at radius 2 is 2.00 bits per heavy atom. The van der Waals surface area contributed by atoms with E-state index in [1.807, 2.05) is 36.6 Å². The molecule has 0 unspecified atom stereocenters. The SMILES string of the molecule is CSc1ccc(Oc2cnccc2CN)cc1. The highest BCUT2D eigenvalue weighted by molar-refractivity contribution is 7.98. The second-order valence-electron chi connectivity index (χ2n) is 3.47. The number of ether oxygens (including phenoxy) is 1. The summed E-state index contributed by atoms with van der Waals surface area (Å²) in [4.78, 5) is 5.25. The lowest BCUT2D eigenvalue weighted by molar-refractivity contribution is 0.473. The largest absolute Gasteiger partial charge is 0.455 e. The quantitative estimate of drug-likeness (QED) is 0.842. The summed E-state index contributed by atoms with van der Waals surface area (Å²) in [5.74, 6) is 1.51. The van der Waals surface area contributed by atoms with Crippen LogP contribution in [0.4, 0.5) is 0 Å². The third kappa shape index (κ3) is 2.99. The Morgan fingerprint density at radius 1 is 1.24 bits per heavy atom. The Labute approximate surface area is 105 Å². The van der Waals surface area contributed by atoms with Gasteiger partial charge >= 0.3 is 0 Å². The molecule has 0 spiro atoms. The normalized spacial score (nSPS) is 10.2. The van der Waals surface area contributed by atoms with Gasteiger partial charge in [-0.2, -0.15) is 0 Å². The molecule has 0 radical (unpaired) electrons. The molecule has 17 heavy (non-hydrogen) atoms. The van der Waals surface area contributed by atoms with Crippen LogP contribution in [-0.4, -0.2) is 11.2 Å². The molecule has 0 fully saturated rings. The molecule has 1 heterocycles. The predicted octanol–water partition coefficient (Wildman–Crippen LogP) is 3.05. The lowest BCUT2D eigenvalue weighted by atomic mass is 10.2. The number of pyridine rings is 1. The molecule has 1 aromatic carbocycles. The van der Waals surface area contributed by atoms with Crippen LogP contribution in [0.1, 0.15) is 5.56 Å². The molecule has 1 aromatic heterocycles. The number of nitrogens with zero attached hydrogens (tertiary/aromatic N) is 1. The highest BCUT2D eigenvalue weighted by Crippen LogP contribution is 2.26. The van der Waals surface area contributed by atoms with E-state index in [0.717, 1.165) is 11.3 Å². The minimum Gasteiger partial charge on any atom is -0.455 e. The summed E-state index contributed by atoms with van der Waals surface area (Å²) in [6.07, 6.45) is 5.44. The number of rotatable bonds is 4. The van der Waals surface area contributed by atoms with Crippen molar-refractivity contribution < 1.29 is 4.74 Å². The van der Waals surface area contributed by atoms with Crippen LogP contribution in [0.2, 0.25) is 0 Å². The zero-order chi connectivity index (χ0) is 12.1. The van der Waals surface area contributed by atoms with Gasteiger partial charge < -0.3 is 10.5 Å². The smallest absolute Gasteiger partial charge is 0.150 e. The first kappa shape index (κ1) is 12.0. The van der Waals surface area contributed by atoms with Crippen molar-refractivity contribution in [3.05, 3.63) is 48.3 Å². The van der Waals surface area contributed by atoms with Crippen molar-refractivity contribution in [2.24, 2.45) is 5.73 Å². The van der Waals surface area contributed by atoms with Crippen LogP contribution in [0.15, 0.2) is 47.6 Å². The molecule has 0 aliphatic rings. The molecular formula is C13H14N2OS. The molecule has 0 amide bonds. The van der Waals surface area contributed by atoms with E-state index in [1.54, 1.807) is 24.2 Å². The van der Waals surface area contributed by atoms with Crippen LogP contribution in [0.3, 0.4) is 0 Å². The Bertz CT molecular complexity index is 485. The summed E-state index contributed by atoms with van der Waals surface area (Å²) in [5.41, 5.74) is 6.59. The van der Waals surface area contributed by atoms with Crippen molar-refractivity contribution in [1.82, 2.24) is 4.98 Å². The fourth-order valence-electron chi connectivity index (χ4n) is 1.44. The third-order valence-corrected chi connectivity index (χ3v) is 3.12. The Balaban J connectivity index is 2.19. The lowest BCUT2D eigenvalue weighted by Gasteiger charge is -2.09. The number of hydrogen-bond acceptors (Lipinski definition) is 4. The van der Waals surface area contributed by atoms with E-state index in [1.165, 1.54) is 4.90 Å². The summed E-state index contributed by atoms with van der Waals surface area (Å²) in [7, 11) is 0. The molecule has 4 heteroatoms. The van der Waals surface area contributed by atoms with Crippen molar-refractivity contribution in [1.29, 1.82) is 0 Å². The van der Waals surface area contributed by atoms with E-state index >= 15 is 0 Å². The first-order chi connectivity index (χ1) is 8.33. The van der Waals surface area contributed by atoms with Gasteiger partial charge in [0.15, 0.2) is 0 Å². The fraction of sp³-hybridized carbons (Fsp3) is 0.154. The topological polar surface area (TPSA) is 48.1 Å². The molecule has 0 atom stereocenters. The zero-order valence-electron chi connectivity index (χ0n) is 9.59. The Kier molecular flexibility index (Phi) is 4.01. The van der Waals surface area contributed by atoms with E-state index in [2.05, 4.69) is 4.98 Å². The summed E-state index contributed by atoms with van der Waals surface area (Å²) >= 11 is 1.70. The van der Waals surface area contributed by atoms with E-state index in [9.17, 15) is 0 Å². The maximum Gasteiger partial charge on any atom is 0.150 e. The molecular weight excluding hydrogens is 232 g/mol. The van der Waals surface area contributed by atoms with Gasteiger partial charge in [0.2, 0.25) is 0 Å². The first-order valence-corrected chi connectivity index (χ1v) is 6.51. The van der Waals surface area contributed by atoms with Crippen molar-refractivity contribution >= 4 is 11.8 Å². The number of aromatic nitrogens is 1. The molecule has 0 bridgehead atoms. The maximum atomic E-state index is 5.75.